The van der Waals surface area contributed by atoms with Crippen molar-refractivity contribution in [2.45, 2.75) is 46.6 Å². The van der Waals surface area contributed by atoms with Crippen LogP contribution in [0.1, 0.15) is 44.5 Å². The molecule has 0 saturated heterocycles. The lowest BCUT2D eigenvalue weighted by molar-refractivity contribution is -0.116. The average molecular weight is 448 g/mol. The van der Waals surface area contributed by atoms with Crippen LogP contribution in [0.4, 0.5) is 10.6 Å². The molecule has 2 aromatic carbocycles. The quantitative estimate of drug-likeness (QED) is 0.553. The molecule has 1 heterocycles. The third kappa shape index (κ3) is 6.44. The Bertz CT molecular complexity index is 1100. The first-order chi connectivity index (χ1) is 15.7. The van der Waals surface area contributed by atoms with Gasteiger partial charge in [-0.15, -0.1) is 0 Å². The van der Waals surface area contributed by atoms with E-state index in [1.807, 2.05) is 74.5 Å². The molecular weight excluding hydrogens is 414 g/mol. The number of anilines is 1. The number of nitrogens with one attached hydrogen (secondary N) is 2. The number of urea groups is 1. The molecule has 0 aliphatic heterocycles. The van der Waals surface area contributed by atoms with E-state index in [2.05, 4.69) is 31.4 Å². The molecule has 0 spiro atoms. The minimum absolute atomic E-state index is 0.0546. The monoisotopic (exact) mass is 447 g/mol. The van der Waals surface area contributed by atoms with Crippen molar-refractivity contribution in [3.05, 3.63) is 77.5 Å². The largest absolute Gasteiger partial charge is 0.334 e. The van der Waals surface area contributed by atoms with E-state index in [0.29, 0.717) is 18.9 Å². The first kappa shape index (κ1) is 24.0. The van der Waals surface area contributed by atoms with Crippen LogP contribution in [0.25, 0.3) is 5.69 Å². The van der Waals surface area contributed by atoms with E-state index in [-0.39, 0.29) is 23.9 Å². The van der Waals surface area contributed by atoms with Gasteiger partial charge in [-0.3, -0.25) is 4.79 Å². The predicted molar refractivity (Wildman–Crippen MR) is 132 cm³/mol. The Morgan fingerprint density at radius 1 is 1.03 bits per heavy atom. The predicted octanol–water partition coefficient (Wildman–Crippen LogP) is 4.65. The average Bonchev–Trinajstić information content (AvgIpc) is 3.21. The fourth-order valence-corrected chi connectivity index (χ4v) is 3.36. The molecule has 3 rings (SSSR count). The van der Waals surface area contributed by atoms with Gasteiger partial charge in [-0.2, -0.15) is 5.10 Å². The summed E-state index contributed by atoms with van der Waals surface area (Å²) in [6.07, 6.45) is 0. The van der Waals surface area contributed by atoms with Gasteiger partial charge < -0.3 is 15.5 Å². The lowest BCUT2D eigenvalue weighted by Gasteiger charge is -2.21. The van der Waals surface area contributed by atoms with E-state index >= 15 is 0 Å². The number of aromatic nitrogens is 2. The van der Waals surface area contributed by atoms with Gasteiger partial charge in [-0.25, -0.2) is 9.48 Å². The van der Waals surface area contributed by atoms with Crippen LogP contribution in [0.2, 0.25) is 0 Å². The maximum atomic E-state index is 12.9. The van der Waals surface area contributed by atoms with Crippen LogP contribution in [0.5, 0.6) is 0 Å². The number of rotatable bonds is 7. The van der Waals surface area contributed by atoms with Crippen molar-refractivity contribution in [2.24, 2.45) is 0 Å². The van der Waals surface area contributed by atoms with Crippen LogP contribution in [-0.2, 0) is 16.8 Å². The molecule has 1 aromatic heterocycles. The molecule has 0 radical (unpaired) electrons. The molecule has 3 aromatic rings. The van der Waals surface area contributed by atoms with Crippen LogP contribution in [0.3, 0.4) is 0 Å². The van der Waals surface area contributed by atoms with Gasteiger partial charge in [0.15, 0.2) is 0 Å². The lowest BCUT2D eigenvalue weighted by atomic mass is 9.92. The van der Waals surface area contributed by atoms with Gasteiger partial charge in [0.05, 0.1) is 11.4 Å². The van der Waals surface area contributed by atoms with E-state index in [1.165, 1.54) is 4.90 Å². The van der Waals surface area contributed by atoms with Gasteiger partial charge >= 0.3 is 6.03 Å². The summed E-state index contributed by atoms with van der Waals surface area (Å²) in [7, 11) is 0. The van der Waals surface area contributed by atoms with E-state index in [4.69, 9.17) is 5.10 Å². The van der Waals surface area contributed by atoms with Crippen molar-refractivity contribution in [3.63, 3.8) is 0 Å². The molecule has 0 aliphatic carbocycles. The third-order valence-electron chi connectivity index (χ3n) is 5.28. The molecule has 0 bridgehead atoms. The summed E-state index contributed by atoms with van der Waals surface area (Å²) >= 11 is 0. The summed E-state index contributed by atoms with van der Waals surface area (Å²) in [6, 6.07) is 19.2. The summed E-state index contributed by atoms with van der Waals surface area (Å²) in [6.45, 7) is 10.9. The number of amides is 3. The Hall–Kier alpha value is -3.61. The van der Waals surface area contributed by atoms with Crippen molar-refractivity contribution in [2.75, 3.05) is 18.4 Å². The number of nitrogens with zero attached hydrogens (tertiary/aromatic N) is 3. The van der Waals surface area contributed by atoms with Gasteiger partial charge in [0.1, 0.15) is 12.4 Å². The van der Waals surface area contributed by atoms with Crippen molar-refractivity contribution >= 4 is 17.8 Å². The molecule has 3 amide bonds. The summed E-state index contributed by atoms with van der Waals surface area (Å²) < 4.78 is 1.75. The Kier molecular flexibility index (Phi) is 7.53. The third-order valence-corrected chi connectivity index (χ3v) is 5.28. The highest BCUT2D eigenvalue weighted by Crippen LogP contribution is 2.26. The summed E-state index contributed by atoms with van der Waals surface area (Å²) in [5.41, 5.74) is 3.66. The second-order valence-corrected chi connectivity index (χ2v) is 9.12. The van der Waals surface area contributed by atoms with E-state index < -0.39 is 0 Å². The zero-order chi connectivity index (χ0) is 24.0. The Morgan fingerprint density at radius 3 is 2.39 bits per heavy atom. The highest BCUT2D eigenvalue weighted by atomic mass is 16.2. The molecule has 33 heavy (non-hydrogen) atoms. The Labute approximate surface area is 195 Å². The van der Waals surface area contributed by atoms with Gasteiger partial charge in [0.2, 0.25) is 5.91 Å². The van der Waals surface area contributed by atoms with E-state index in [1.54, 1.807) is 4.68 Å². The summed E-state index contributed by atoms with van der Waals surface area (Å²) in [5.74, 6) is 0.303. The Balaban J connectivity index is 1.73. The minimum atomic E-state index is -0.279. The van der Waals surface area contributed by atoms with Gasteiger partial charge in [0, 0.05) is 24.6 Å². The smallest absolute Gasteiger partial charge is 0.318 e. The number of hydrogen-bond acceptors (Lipinski definition) is 3. The molecule has 0 saturated carbocycles. The van der Waals surface area contributed by atoms with Crippen LogP contribution in [-0.4, -0.2) is 39.7 Å². The number of carbonyl (C=O) groups is 2. The van der Waals surface area contributed by atoms with Crippen molar-refractivity contribution in [1.29, 1.82) is 0 Å². The first-order valence-corrected chi connectivity index (χ1v) is 11.2. The normalized spacial score (nSPS) is 11.2. The van der Waals surface area contributed by atoms with Crippen molar-refractivity contribution in [3.8, 4) is 5.69 Å². The first-order valence-electron chi connectivity index (χ1n) is 11.2. The van der Waals surface area contributed by atoms with E-state index in [0.717, 1.165) is 22.5 Å². The zero-order valence-corrected chi connectivity index (χ0v) is 20.1. The maximum Gasteiger partial charge on any atom is 0.318 e. The maximum absolute atomic E-state index is 12.9. The highest BCUT2D eigenvalue weighted by Gasteiger charge is 2.22. The van der Waals surface area contributed by atoms with Crippen molar-refractivity contribution < 1.29 is 9.59 Å². The molecule has 7 heteroatoms. The number of benzene rings is 2. The van der Waals surface area contributed by atoms with Crippen LogP contribution in [0, 0.1) is 6.92 Å². The van der Waals surface area contributed by atoms with Crippen LogP contribution in [0.15, 0.2) is 60.7 Å². The molecule has 174 valence electrons. The minimum Gasteiger partial charge on any atom is -0.334 e. The SMILES string of the molecule is CCN(CC(=O)Nc1cc(C(C)(C)C)nn1-c1cccc(C)c1)C(=O)NCc1ccccc1. The molecule has 0 fully saturated rings. The number of carbonyl (C=O) groups excluding carboxylic acids is 2. The molecule has 0 unspecified atom stereocenters. The van der Waals surface area contributed by atoms with Crippen LogP contribution < -0.4 is 10.6 Å². The van der Waals surface area contributed by atoms with Gasteiger partial charge in [-0.1, -0.05) is 63.2 Å². The van der Waals surface area contributed by atoms with E-state index in [9.17, 15) is 9.59 Å². The topological polar surface area (TPSA) is 79.3 Å². The molecule has 2 N–H and O–H groups in total. The summed E-state index contributed by atoms with van der Waals surface area (Å²) in [5, 5.41) is 10.6. The molecular formula is C26H33N5O2. The second kappa shape index (κ2) is 10.3. The summed E-state index contributed by atoms with van der Waals surface area (Å²) in [4.78, 5) is 27.0. The molecule has 0 atom stereocenters. The number of aryl methyl sites for hydroxylation is 1. The Morgan fingerprint density at radius 2 is 1.76 bits per heavy atom. The molecule has 0 aliphatic rings. The number of likely N-dealkylation sites (N-methyl/N-ethyl adjacent to an activating group) is 1. The molecule has 7 nitrogen and oxygen atoms in total. The lowest BCUT2D eigenvalue weighted by Crippen LogP contribution is -2.43. The standard InChI is InChI=1S/C26H33N5O2/c1-6-30(25(33)27-17-20-12-8-7-9-13-20)18-24(32)28-23-16-22(26(3,4)5)29-31(23)21-14-10-11-19(2)15-21/h7-16H,6,17-18H2,1-5H3,(H,27,33)(H,28,32). The van der Waals surface area contributed by atoms with Gasteiger partial charge in [0.25, 0.3) is 0 Å². The van der Waals surface area contributed by atoms with Gasteiger partial charge in [-0.05, 0) is 37.1 Å². The zero-order valence-electron chi connectivity index (χ0n) is 20.1. The van der Waals surface area contributed by atoms with Crippen LogP contribution >= 0.6 is 0 Å². The fourth-order valence-electron chi connectivity index (χ4n) is 3.36. The fraction of sp³-hybridized carbons (Fsp3) is 0.346. The number of hydrogen-bond donors (Lipinski definition) is 2. The highest BCUT2D eigenvalue weighted by molar-refractivity contribution is 5.94. The second-order valence-electron chi connectivity index (χ2n) is 9.12. The van der Waals surface area contributed by atoms with Crippen molar-refractivity contribution in [1.82, 2.24) is 20.0 Å².